The Morgan fingerprint density at radius 1 is 1.37 bits per heavy atom. The Kier molecular flexibility index (Phi) is 4.42. The van der Waals surface area contributed by atoms with E-state index < -0.39 is 0 Å². The Morgan fingerprint density at radius 2 is 2.16 bits per heavy atom. The summed E-state index contributed by atoms with van der Waals surface area (Å²) in [6.45, 7) is 11.5. The summed E-state index contributed by atoms with van der Waals surface area (Å²) in [6, 6.07) is 0. The molecule has 0 saturated heterocycles. The van der Waals surface area contributed by atoms with Crippen LogP contribution in [0.1, 0.15) is 32.9 Å². The predicted molar refractivity (Wildman–Crippen MR) is 78.7 cm³/mol. The normalized spacial score (nSPS) is 17.6. The molecule has 106 valence electrons. The lowest BCUT2D eigenvalue weighted by Crippen LogP contribution is -2.31. The van der Waals surface area contributed by atoms with Crippen LogP contribution in [0.2, 0.25) is 0 Å². The van der Waals surface area contributed by atoms with Crippen molar-refractivity contribution in [3.05, 3.63) is 29.9 Å². The van der Waals surface area contributed by atoms with Crippen LogP contribution in [-0.4, -0.2) is 34.1 Å². The first-order valence-electron chi connectivity index (χ1n) is 7.11. The average molecular weight is 262 g/mol. The summed E-state index contributed by atoms with van der Waals surface area (Å²) in [7, 11) is 0. The highest BCUT2D eigenvalue weighted by atomic mass is 15.1. The number of aromatic nitrogens is 2. The van der Waals surface area contributed by atoms with Crippen molar-refractivity contribution in [1.82, 2.24) is 14.5 Å². The highest BCUT2D eigenvalue weighted by Crippen LogP contribution is 2.30. The predicted octanol–water partition coefficient (Wildman–Crippen LogP) is 2.02. The van der Waals surface area contributed by atoms with Crippen molar-refractivity contribution in [2.45, 2.75) is 40.3 Å². The van der Waals surface area contributed by atoms with Crippen molar-refractivity contribution < 1.29 is 0 Å². The summed E-state index contributed by atoms with van der Waals surface area (Å²) in [5.74, 6) is 0. The third kappa shape index (κ3) is 3.91. The van der Waals surface area contributed by atoms with Crippen LogP contribution in [0.3, 0.4) is 0 Å². The molecule has 0 fully saturated rings. The molecule has 0 atom stereocenters. The summed E-state index contributed by atoms with van der Waals surface area (Å²) in [5.41, 5.74) is 8.58. The quantitative estimate of drug-likeness (QED) is 0.845. The van der Waals surface area contributed by atoms with Crippen LogP contribution in [0.4, 0.5) is 0 Å². The van der Waals surface area contributed by atoms with Gasteiger partial charge in [-0.1, -0.05) is 32.4 Å². The molecule has 1 aliphatic heterocycles. The zero-order valence-corrected chi connectivity index (χ0v) is 12.4. The first kappa shape index (κ1) is 14.3. The van der Waals surface area contributed by atoms with E-state index in [4.69, 9.17) is 5.73 Å². The molecule has 2 N–H and O–H groups in total. The fourth-order valence-electron chi connectivity index (χ4n) is 2.52. The van der Waals surface area contributed by atoms with Crippen LogP contribution >= 0.6 is 0 Å². The molecule has 0 bridgehead atoms. The van der Waals surface area contributed by atoms with Crippen molar-refractivity contribution in [3.63, 3.8) is 0 Å². The molecule has 0 aliphatic carbocycles. The van der Waals surface area contributed by atoms with Crippen LogP contribution < -0.4 is 5.73 Å². The van der Waals surface area contributed by atoms with E-state index in [2.05, 4.69) is 47.5 Å². The van der Waals surface area contributed by atoms with E-state index >= 15 is 0 Å². The molecule has 0 radical (unpaired) electrons. The molecule has 1 aromatic heterocycles. The molecule has 2 rings (SSSR count). The summed E-state index contributed by atoms with van der Waals surface area (Å²) in [4.78, 5) is 6.89. The van der Waals surface area contributed by atoms with Crippen molar-refractivity contribution in [2.24, 2.45) is 11.1 Å². The molecule has 1 aliphatic rings. The first-order chi connectivity index (χ1) is 8.99. The molecule has 0 amide bonds. The Bertz CT molecular complexity index is 439. The summed E-state index contributed by atoms with van der Waals surface area (Å²) < 4.78 is 2.07. The van der Waals surface area contributed by atoms with Gasteiger partial charge in [0.25, 0.3) is 0 Å². The SMILES string of the molecule is CC(C)(C)C1=CCN(Cc2cn(CCN)cn2)CC1. The Morgan fingerprint density at radius 3 is 2.74 bits per heavy atom. The maximum atomic E-state index is 5.54. The molecule has 2 heterocycles. The van der Waals surface area contributed by atoms with E-state index in [1.165, 1.54) is 6.42 Å². The molecular weight excluding hydrogens is 236 g/mol. The number of imidazole rings is 1. The number of nitrogens with zero attached hydrogens (tertiary/aromatic N) is 3. The summed E-state index contributed by atoms with van der Waals surface area (Å²) in [5, 5.41) is 0. The molecule has 0 saturated carbocycles. The van der Waals surface area contributed by atoms with Gasteiger partial charge in [-0.2, -0.15) is 0 Å². The Balaban J connectivity index is 1.90. The van der Waals surface area contributed by atoms with Crippen LogP contribution in [0.5, 0.6) is 0 Å². The van der Waals surface area contributed by atoms with Gasteiger partial charge in [-0.3, -0.25) is 4.90 Å². The zero-order valence-electron chi connectivity index (χ0n) is 12.4. The third-order valence-corrected chi connectivity index (χ3v) is 3.72. The minimum atomic E-state index is 0.314. The zero-order chi connectivity index (χ0) is 13.9. The van der Waals surface area contributed by atoms with Crippen molar-refractivity contribution in [1.29, 1.82) is 0 Å². The van der Waals surface area contributed by atoms with Gasteiger partial charge in [-0.15, -0.1) is 0 Å². The first-order valence-corrected chi connectivity index (χ1v) is 7.11. The number of nitrogens with two attached hydrogens (primary N) is 1. The second-order valence-corrected chi connectivity index (χ2v) is 6.36. The molecule has 4 nitrogen and oxygen atoms in total. The van der Waals surface area contributed by atoms with E-state index in [9.17, 15) is 0 Å². The van der Waals surface area contributed by atoms with Gasteiger partial charge in [0.2, 0.25) is 0 Å². The maximum Gasteiger partial charge on any atom is 0.0950 e. The fraction of sp³-hybridized carbons (Fsp3) is 0.667. The van der Waals surface area contributed by atoms with E-state index in [0.717, 1.165) is 31.9 Å². The molecule has 0 aromatic carbocycles. The lowest BCUT2D eigenvalue weighted by molar-refractivity contribution is 0.269. The van der Waals surface area contributed by atoms with Gasteiger partial charge in [-0.05, 0) is 11.8 Å². The second kappa shape index (κ2) is 5.88. The number of rotatable bonds is 4. The van der Waals surface area contributed by atoms with E-state index in [1.807, 2.05) is 6.33 Å². The topological polar surface area (TPSA) is 47.1 Å². The molecule has 0 spiro atoms. The number of hydrogen-bond acceptors (Lipinski definition) is 3. The molecule has 4 heteroatoms. The van der Waals surface area contributed by atoms with E-state index in [-0.39, 0.29) is 0 Å². The van der Waals surface area contributed by atoms with Crippen LogP contribution in [0, 0.1) is 5.41 Å². The minimum Gasteiger partial charge on any atom is -0.336 e. The van der Waals surface area contributed by atoms with Crippen LogP contribution in [0.25, 0.3) is 0 Å². The van der Waals surface area contributed by atoms with Crippen molar-refractivity contribution in [2.75, 3.05) is 19.6 Å². The molecule has 0 unspecified atom stereocenters. The van der Waals surface area contributed by atoms with Gasteiger partial charge in [0, 0.05) is 38.9 Å². The fourth-order valence-corrected chi connectivity index (χ4v) is 2.52. The van der Waals surface area contributed by atoms with Crippen LogP contribution in [-0.2, 0) is 13.1 Å². The van der Waals surface area contributed by atoms with Gasteiger partial charge in [0.15, 0.2) is 0 Å². The summed E-state index contributed by atoms with van der Waals surface area (Å²) in [6.07, 6.45) is 7.55. The highest BCUT2D eigenvalue weighted by molar-refractivity contribution is 5.15. The van der Waals surface area contributed by atoms with Gasteiger partial charge in [0.05, 0.1) is 12.0 Å². The highest BCUT2D eigenvalue weighted by Gasteiger charge is 2.21. The maximum absolute atomic E-state index is 5.54. The largest absolute Gasteiger partial charge is 0.336 e. The van der Waals surface area contributed by atoms with Gasteiger partial charge >= 0.3 is 0 Å². The Hall–Kier alpha value is -1.13. The molecule has 1 aromatic rings. The minimum absolute atomic E-state index is 0.314. The standard InChI is InChI=1S/C15H26N4/c1-15(2,3)13-4-7-18(8-5-13)10-14-11-19(9-6-16)12-17-14/h4,11-12H,5-10,16H2,1-3H3. The van der Waals surface area contributed by atoms with Crippen molar-refractivity contribution >= 4 is 0 Å². The van der Waals surface area contributed by atoms with E-state index in [1.54, 1.807) is 5.57 Å². The lowest BCUT2D eigenvalue weighted by Gasteiger charge is -2.31. The second-order valence-electron chi connectivity index (χ2n) is 6.36. The lowest BCUT2D eigenvalue weighted by atomic mass is 9.83. The Labute approximate surface area is 116 Å². The molecule has 19 heavy (non-hydrogen) atoms. The van der Waals surface area contributed by atoms with Crippen molar-refractivity contribution in [3.8, 4) is 0 Å². The summed E-state index contributed by atoms with van der Waals surface area (Å²) >= 11 is 0. The van der Waals surface area contributed by atoms with E-state index in [0.29, 0.717) is 12.0 Å². The van der Waals surface area contributed by atoms with Gasteiger partial charge in [0.1, 0.15) is 0 Å². The average Bonchev–Trinajstić information content (AvgIpc) is 2.77. The third-order valence-electron chi connectivity index (χ3n) is 3.72. The molecular formula is C15H26N4. The van der Waals surface area contributed by atoms with Crippen LogP contribution in [0.15, 0.2) is 24.2 Å². The number of hydrogen-bond donors (Lipinski definition) is 1. The monoisotopic (exact) mass is 262 g/mol. The van der Waals surface area contributed by atoms with Gasteiger partial charge in [-0.25, -0.2) is 4.98 Å². The van der Waals surface area contributed by atoms with Gasteiger partial charge < -0.3 is 10.3 Å². The smallest absolute Gasteiger partial charge is 0.0950 e.